The Kier molecular flexibility index (Phi) is 4.55. The third-order valence-corrected chi connectivity index (χ3v) is 3.90. The molecule has 2 rings (SSSR count). The van der Waals surface area contributed by atoms with Crippen molar-refractivity contribution in [2.45, 2.75) is 45.4 Å². The molecule has 0 saturated carbocycles. The summed E-state index contributed by atoms with van der Waals surface area (Å²) >= 11 is 0. The van der Waals surface area contributed by atoms with E-state index in [1.54, 1.807) is 14.0 Å². The number of para-hydroxylation sites is 1. The maximum atomic E-state index is 11.9. The van der Waals surface area contributed by atoms with Gasteiger partial charge in [-0.2, -0.15) is 0 Å². The smallest absolute Gasteiger partial charge is 0.224 e. The van der Waals surface area contributed by atoms with Crippen LogP contribution in [0.1, 0.15) is 26.3 Å². The van der Waals surface area contributed by atoms with Crippen LogP contribution in [0.5, 0.6) is 0 Å². The zero-order chi connectivity index (χ0) is 14.7. The van der Waals surface area contributed by atoms with Crippen molar-refractivity contribution in [1.82, 2.24) is 0 Å². The summed E-state index contributed by atoms with van der Waals surface area (Å²) in [6, 6.07) is 8.12. The number of nitrogens with zero attached hydrogens (tertiary/aromatic N) is 2. The van der Waals surface area contributed by atoms with Gasteiger partial charge < -0.3 is 9.64 Å². The lowest BCUT2D eigenvalue weighted by Crippen LogP contribution is -2.37. The zero-order valence-corrected chi connectivity index (χ0v) is 12.5. The van der Waals surface area contributed by atoms with Gasteiger partial charge in [-0.3, -0.25) is 9.79 Å². The number of aliphatic imine (C=N–C) groups is 1. The quantitative estimate of drug-likeness (QED) is 0.791. The minimum absolute atomic E-state index is 0.0106. The topological polar surface area (TPSA) is 41.9 Å². The second-order valence-electron chi connectivity index (χ2n) is 5.27. The van der Waals surface area contributed by atoms with Crippen molar-refractivity contribution in [1.29, 1.82) is 0 Å². The van der Waals surface area contributed by atoms with Crippen molar-refractivity contribution in [3.8, 4) is 0 Å². The van der Waals surface area contributed by atoms with E-state index >= 15 is 0 Å². The van der Waals surface area contributed by atoms with Crippen LogP contribution in [-0.2, 0) is 16.0 Å². The van der Waals surface area contributed by atoms with Crippen molar-refractivity contribution in [3.05, 3.63) is 29.8 Å². The molecular formula is C16H22N2O2. The minimum Gasteiger partial charge on any atom is -0.380 e. The summed E-state index contributed by atoms with van der Waals surface area (Å²) in [5.41, 5.74) is 2.20. The van der Waals surface area contributed by atoms with Gasteiger partial charge in [-0.05, 0) is 25.5 Å². The van der Waals surface area contributed by atoms with Crippen LogP contribution in [0, 0.1) is 0 Å². The van der Waals surface area contributed by atoms with E-state index in [0.717, 1.165) is 12.1 Å². The Morgan fingerprint density at radius 3 is 2.80 bits per heavy atom. The number of carbonyl (C=O) groups is 1. The van der Waals surface area contributed by atoms with Gasteiger partial charge in [0.1, 0.15) is 0 Å². The standard InChI is InChI=1S/C16H22N2O2/c1-11(12(2)20-4)17-10-15-9-14-7-5-6-8-16(14)18(15)13(3)19/h5-8,10-12,15H,9H2,1-4H3/t11?,12-,15+/m1/s1. The number of fused-ring (bicyclic) bond motifs is 1. The predicted octanol–water partition coefficient (Wildman–Crippen LogP) is 2.46. The molecule has 20 heavy (non-hydrogen) atoms. The van der Waals surface area contributed by atoms with Crippen LogP contribution in [0.25, 0.3) is 0 Å². The van der Waals surface area contributed by atoms with E-state index in [1.807, 2.05) is 43.2 Å². The lowest BCUT2D eigenvalue weighted by molar-refractivity contribution is -0.116. The number of ether oxygens (including phenoxy) is 1. The molecule has 108 valence electrons. The van der Waals surface area contributed by atoms with E-state index in [9.17, 15) is 4.79 Å². The molecular weight excluding hydrogens is 252 g/mol. The number of anilines is 1. The molecule has 1 aliphatic heterocycles. The molecule has 0 spiro atoms. The van der Waals surface area contributed by atoms with Gasteiger partial charge in [0.2, 0.25) is 5.91 Å². The van der Waals surface area contributed by atoms with Gasteiger partial charge in [0.05, 0.1) is 18.2 Å². The second-order valence-corrected chi connectivity index (χ2v) is 5.27. The summed E-state index contributed by atoms with van der Waals surface area (Å²) in [5, 5.41) is 0. The maximum Gasteiger partial charge on any atom is 0.224 e. The fourth-order valence-corrected chi connectivity index (χ4v) is 2.49. The maximum absolute atomic E-state index is 11.9. The van der Waals surface area contributed by atoms with Crippen LogP contribution in [0.2, 0.25) is 0 Å². The summed E-state index contributed by atoms with van der Waals surface area (Å²) in [7, 11) is 1.68. The predicted molar refractivity (Wildman–Crippen MR) is 81.5 cm³/mol. The van der Waals surface area contributed by atoms with Gasteiger partial charge in [0.25, 0.3) is 0 Å². The molecule has 0 N–H and O–H groups in total. The fraction of sp³-hybridized carbons (Fsp3) is 0.500. The Morgan fingerprint density at radius 1 is 1.45 bits per heavy atom. The number of rotatable bonds is 4. The van der Waals surface area contributed by atoms with Crippen LogP contribution < -0.4 is 4.90 Å². The van der Waals surface area contributed by atoms with E-state index < -0.39 is 0 Å². The molecule has 4 heteroatoms. The highest BCUT2D eigenvalue weighted by atomic mass is 16.5. The molecule has 1 aromatic rings. The Morgan fingerprint density at radius 2 is 2.15 bits per heavy atom. The lowest BCUT2D eigenvalue weighted by Gasteiger charge is -2.22. The van der Waals surface area contributed by atoms with Gasteiger partial charge in [-0.25, -0.2) is 0 Å². The van der Waals surface area contributed by atoms with Gasteiger partial charge in [-0.1, -0.05) is 18.2 Å². The van der Waals surface area contributed by atoms with Gasteiger partial charge in [0.15, 0.2) is 0 Å². The van der Waals surface area contributed by atoms with Crippen molar-refractivity contribution in [2.75, 3.05) is 12.0 Å². The van der Waals surface area contributed by atoms with Gasteiger partial charge >= 0.3 is 0 Å². The van der Waals surface area contributed by atoms with Crippen LogP contribution in [0.15, 0.2) is 29.3 Å². The third-order valence-electron chi connectivity index (χ3n) is 3.90. The minimum atomic E-state index is 0.0106. The van der Waals surface area contributed by atoms with E-state index in [0.29, 0.717) is 0 Å². The third kappa shape index (κ3) is 2.90. The van der Waals surface area contributed by atoms with Crippen LogP contribution in [0.4, 0.5) is 5.69 Å². The normalized spacial score (nSPS) is 21.0. The molecule has 0 aliphatic carbocycles. The number of methoxy groups -OCH3 is 1. The summed E-state index contributed by atoms with van der Waals surface area (Å²) in [6.07, 6.45) is 2.79. The van der Waals surface area contributed by atoms with Crippen molar-refractivity contribution in [2.24, 2.45) is 4.99 Å². The Hall–Kier alpha value is -1.68. The van der Waals surface area contributed by atoms with E-state index in [1.165, 1.54) is 5.56 Å². The molecule has 0 saturated heterocycles. The zero-order valence-electron chi connectivity index (χ0n) is 12.5. The highest BCUT2D eigenvalue weighted by molar-refractivity contribution is 5.99. The molecule has 0 bridgehead atoms. The largest absolute Gasteiger partial charge is 0.380 e. The lowest BCUT2D eigenvalue weighted by atomic mass is 10.1. The average molecular weight is 274 g/mol. The molecule has 0 aromatic heterocycles. The molecule has 0 fully saturated rings. The number of hydrogen-bond acceptors (Lipinski definition) is 3. The van der Waals surface area contributed by atoms with Crippen molar-refractivity contribution < 1.29 is 9.53 Å². The fourth-order valence-electron chi connectivity index (χ4n) is 2.49. The van der Waals surface area contributed by atoms with E-state index in [4.69, 9.17) is 4.74 Å². The van der Waals surface area contributed by atoms with E-state index in [2.05, 4.69) is 11.1 Å². The first-order valence-electron chi connectivity index (χ1n) is 6.98. The Bertz CT molecular complexity index is 513. The number of benzene rings is 1. The summed E-state index contributed by atoms with van der Waals surface area (Å²) in [5.74, 6) is 0.0545. The van der Waals surface area contributed by atoms with Gasteiger partial charge in [0, 0.05) is 32.4 Å². The number of hydrogen-bond donors (Lipinski definition) is 0. The number of carbonyl (C=O) groups excluding carboxylic acids is 1. The Labute approximate surface area is 120 Å². The molecule has 1 aliphatic rings. The first-order valence-corrected chi connectivity index (χ1v) is 6.98. The summed E-state index contributed by atoms with van der Waals surface area (Å²) in [6.45, 7) is 5.61. The monoisotopic (exact) mass is 274 g/mol. The average Bonchev–Trinajstić information content (AvgIpc) is 2.82. The van der Waals surface area contributed by atoms with Crippen molar-refractivity contribution in [3.63, 3.8) is 0 Å². The molecule has 1 unspecified atom stereocenters. The molecule has 1 aromatic carbocycles. The summed E-state index contributed by atoms with van der Waals surface area (Å²) < 4.78 is 5.27. The first-order chi connectivity index (χ1) is 9.54. The van der Waals surface area contributed by atoms with E-state index in [-0.39, 0.29) is 24.1 Å². The van der Waals surface area contributed by atoms with Crippen LogP contribution in [-0.4, -0.2) is 37.4 Å². The SMILES string of the molecule is CO[C@H](C)C(C)N=C[C@@H]1Cc2ccccc2N1C(C)=O. The highest BCUT2D eigenvalue weighted by Crippen LogP contribution is 2.31. The Balaban J connectivity index is 2.18. The number of amides is 1. The van der Waals surface area contributed by atoms with Crippen molar-refractivity contribution >= 4 is 17.8 Å². The van der Waals surface area contributed by atoms with Crippen LogP contribution >= 0.6 is 0 Å². The summed E-state index contributed by atoms with van der Waals surface area (Å²) in [4.78, 5) is 18.3. The van der Waals surface area contributed by atoms with Crippen LogP contribution in [0.3, 0.4) is 0 Å². The first kappa shape index (κ1) is 14.7. The molecule has 4 nitrogen and oxygen atoms in total. The second kappa shape index (κ2) is 6.18. The highest BCUT2D eigenvalue weighted by Gasteiger charge is 2.30. The molecule has 1 amide bonds. The molecule has 0 radical (unpaired) electrons. The molecule has 3 atom stereocenters. The molecule has 1 heterocycles. The van der Waals surface area contributed by atoms with Gasteiger partial charge in [-0.15, -0.1) is 0 Å².